The van der Waals surface area contributed by atoms with Gasteiger partial charge in [-0.2, -0.15) is 8.70 Å². The van der Waals surface area contributed by atoms with Crippen molar-refractivity contribution in [2.45, 2.75) is 48.4 Å². The monoisotopic (exact) mass is 530 g/mol. The van der Waals surface area contributed by atoms with Crippen molar-refractivity contribution < 1.29 is 35.1 Å². The van der Waals surface area contributed by atoms with Gasteiger partial charge >= 0.3 is 0 Å². The van der Waals surface area contributed by atoms with E-state index in [0.717, 1.165) is 6.26 Å². The number of hydrogen-bond donors (Lipinski definition) is 1. The van der Waals surface area contributed by atoms with E-state index < -0.39 is 31.5 Å². The van der Waals surface area contributed by atoms with E-state index in [1.165, 1.54) is 47.6 Å². The third-order valence-corrected chi connectivity index (χ3v) is 8.80. The maximum atomic E-state index is 13.8. The number of aryl methyl sites for hydroxylation is 1. The number of halogens is 2. The van der Waals surface area contributed by atoms with Crippen LogP contribution in [0.5, 0.6) is 5.75 Å². The second-order valence-electron chi connectivity index (χ2n) is 8.45. The lowest BCUT2D eigenvalue weighted by Gasteiger charge is -2.31. The number of piperidine rings is 1. The van der Waals surface area contributed by atoms with E-state index in [9.17, 15) is 30.4 Å². The molecule has 1 fully saturated rings. The molecule has 1 heterocycles. The number of rotatable bonds is 9. The number of benzene rings is 2. The molecule has 8 nitrogen and oxygen atoms in total. The number of nitrogens with zero attached hydrogens (tertiary/aromatic N) is 1. The van der Waals surface area contributed by atoms with Crippen LogP contribution in [0.4, 0.5) is 8.78 Å². The van der Waals surface area contributed by atoms with E-state index in [4.69, 9.17) is 4.74 Å². The standard InChI is InChI=1S/C23H28F2N2O6S2/c1-16-5-10-20(23(25)22(16)24)33-15-3-4-21(28)26-17-11-13-27(14-12-17)35(31,32)19-8-6-18(7-9-19)34(2,29)30/h5-10,17H,3-4,11-15H2,1-2H3,(H,26,28). The molecule has 1 amide bonds. The predicted octanol–water partition coefficient (Wildman–Crippen LogP) is 2.81. The minimum atomic E-state index is -3.78. The molecule has 1 aliphatic heterocycles. The van der Waals surface area contributed by atoms with Gasteiger partial charge in [-0.15, -0.1) is 0 Å². The first-order valence-corrected chi connectivity index (χ1v) is 14.4. The number of amides is 1. The minimum absolute atomic E-state index is 0.0114. The number of carbonyl (C=O) groups is 1. The SMILES string of the molecule is Cc1ccc(OCCCC(=O)NC2CCN(S(=O)(=O)c3ccc(S(C)(=O)=O)cc3)CC2)c(F)c1F. The number of sulfone groups is 1. The van der Waals surface area contributed by atoms with Gasteiger partial charge in [0.2, 0.25) is 21.7 Å². The van der Waals surface area contributed by atoms with E-state index in [-0.39, 0.29) is 59.2 Å². The molecule has 0 aliphatic carbocycles. The van der Waals surface area contributed by atoms with Gasteiger partial charge in [-0.3, -0.25) is 4.79 Å². The highest BCUT2D eigenvalue weighted by Gasteiger charge is 2.30. The molecule has 0 spiro atoms. The fourth-order valence-electron chi connectivity index (χ4n) is 3.70. The van der Waals surface area contributed by atoms with Crippen LogP contribution in [-0.2, 0) is 24.7 Å². The van der Waals surface area contributed by atoms with E-state index in [0.29, 0.717) is 19.3 Å². The summed E-state index contributed by atoms with van der Waals surface area (Å²) < 4.78 is 82.8. The lowest BCUT2D eigenvalue weighted by molar-refractivity contribution is -0.122. The zero-order valence-corrected chi connectivity index (χ0v) is 21.1. The van der Waals surface area contributed by atoms with Crippen molar-refractivity contribution in [1.82, 2.24) is 9.62 Å². The highest BCUT2D eigenvalue weighted by atomic mass is 32.2. The van der Waals surface area contributed by atoms with Gasteiger partial charge in [0.05, 0.1) is 16.4 Å². The molecular formula is C23H28F2N2O6S2. The number of hydrogen-bond acceptors (Lipinski definition) is 6. The molecule has 0 atom stereocenters. The Morgan fingerprint density at radius 2 is 1.60 bits per heavy atom. The molecule has 0 unspecified atom stereocenters. The van der Waals surface area contributed by atoms with Crippen molar-refractivity contribution in [2.75, 3.05) is 26.0 Å². The molecule has 12 heteroatoms. The number of carbonyl (C=O) groups excluding carboxylic acids is 1. The van der Waals surface area contributed by atoms with Crippen LogP contribution in [0.1, 0.15) is 31.2 Å². The topological polar surface area (TPSA) is 110 Å². The summed E-state index contributed by atoms with van der Waals surface area (Å²) >= 11 is 0. The highest BCUT2D eigenvalue weighted by molar-refractivity contribution is 7.90. The third kappa shape index (κ3) is 6.77. The molecule has 3 rings (SSSR count). The second kappa shape index (κ2) is 11.0. The van der Waals surface area contributed by atoms with Gasteiger partial charge in [-0.05, 0) is 62.1 Å². The molecule has 35 heavy (non-hydrogen) atoms. The van der Waals surface area contributed by atoms with E-state index >= 15 is 0 Å². The molecule has 192 valence electrons. The summed E-state index contributed by atoms with van der Waals surface area (Å²) in [6.07, 6.45) is 2.33. The van der Waals surface area contributed by atoms with Gasteiger partial charge in [-0.1, -0.05) is 6.07 Å². The van der Waals surface area contributed by atoms with Crippen molar-refractivity contribution in [3.8, 4) is 5.75 Å². The Morgan fingerprint density at radius 3 is 2.20 bits per heavy atom. The molecule has 0 aromatic heterocycles. The smallest absolute Gasteiger partial charge is 0.243 e. The average Bonchev–Trinajstić information content (AvgIpc) is 2.81. The molecule has 1 aliphatic rings. The molecule has 2 aromatic rings. The molecule has 0 bridgehead atoms. The van der Waals surface area contributed by atoms with Crippen LogP contribution in [0.25, 0.3) is 0 Å². The van der Waals surface area contributed by atoms with Crippen LogP contribution in [0, 0.1) is 18.6 Å². The number of nitrogens with one attached hydrogen (secondary N) is 1. The first-order valence-electron chi connectivity index (χ1n) is 11.1. The Balaban J connectivity index is 1.43. The average molecular weight is 531 g/mol. The van der Waals surface area contributed by atoms with Crippen LogP contribution in [0.15, 0.2) is 46.2 Å². The Kier molecular flexibility index (Phi) is 8.50. The molecule has 0 saturated carbocycles. The normalized spacial score (nSPS) is 15.7. The summed E-state index contributed by atoms with van der Waals surface area (Å²) in [4.78, 5) is 12.3. The number of ether oxygens (including phenoxy) is 1. The lowest BCUT2D eigenvalue weighted by Crippen LogP contribution is -2.46. The van der Waals surface area contributed by atoms with Crippen LogP contribution in [0.3, 0.4) is 0 Å². The lowest BCUT2D eigenvalue weighted by atomic mass is 10.1. The maximum absolute atomic E-state index is 13.8. The summed E-state index contributed by atoms with van der Waals surface area (Å²) in [6, 6.07) is 7.65. The van der Waals surface area contributed by atoms with Crippen LogP contribution < -0.4 is 10.1 Å². The Bertz CT molecular complexity index is 1270. The van der Waals surface area contributed by atoms with E-state index in [2.05, 4.69) is 5.32 Å². The van der Waals surface area contributed by atoms with Gasteiger partial charge in [-0.25, -0.2) is 21.2 Å². The van der Waals surface area contributed by atoms with Crippen LogP contribution in [0.2, 0.25) is 0 Å². The molecule has 1 N–H and O–H groups in total. The predicted molar refractivity (Wildman–Crippen MR) is 125 cm³/mol. The summed E-state index contributed by atoms with van der Waals surface area (Å²) in [5.74, 6) is -2.45. The van der Waals surface area contributed by atoms with Gasteiger partial charge in [0.1, 0.15) is 0 Å². The molecule has 2 aromatic carbocycles. The van der Waals surface area contributed by atoms with Crippen molar-refractivity contribution in [2.24, 2.45) is 0 Å². The minimum Gasteiger partial charge on any atom is -0.490 e. The fraction of sp³-hybridized carbons (Fsp3) is 0.435. The van der Waals surface area contributed by atoms with Gasteiger partial charge in [0.15, 0.2) is 21.4 Å². The first kappa shape index (κ1) is 27.0. The summed E-state index contributed by atoms with van der Waals surface area (Å²) in [5.41, 5.74) is 0.179. The zero-order valence-electron chi connectivity index (χ0n) is 19.5. The Morgan fingerprint density at radius 1 is 1.00 bits per heavy atom. The van der Waals surface area contributed by atoms with Crippen molar-refractivity contribution >= 4 is 25.8 Å². The third-order valence-electron chi connectivity index (χ3n) is 5.75. The Hall–Kier alpha value is -2.57. The van der Waals surface area contributed by atoms with Crippen molar-refractivity contribution in [1.29, 1.82) is 0 Å². The van der Waals surface area contributed by atoms with Gasteiger partial charge < -0.3 is 10.1 Å². The second-order valence-corrected chi connectivity index (χ2v) is 12.4. The quantitative estimate of drug-likeness (QED) is 0.500. The first-order chi connectivity index (χ1) is 16.4. The van der Waals surface area contributed by atoms with Crippen molar-refractivity contribution in [3.63, 3.8) is 0 Å². The fourth-order valence-corrected chi connectivity index (χ4v) is 5.80. The van der Waals surface area contributed by atoms with Crippen LogP contribution >= 0.6 is 0 Å². The van der Waals surface area contributed by atoms with Crippen LogP contribution in [-0.4, -0.2) is 59.0 Å². The van der Waals surface area contributed by atoms with Gasteiger partial charge in [0, 0.05) is 31.8 Å². The van der Waals surface area contributed by atoms with E-state index in [1.807, 2.05) is 0 Å². The Labute approximate surface area is 204 Å². The molecule has 0 radical (unpaired) electrons. The summed E-state index contributed by atoms with van der Waals surface area (Å²) in [6.45, 7) is 1.91. The summed E-state index contributed by atoms with van der Waals surface area (Å²) in [5, 5.41) is 2.86. The van der Waals surface area contributed by atoms with Gasteiger partial charge in [0.25, 0.3) is 0 Å². The zero-order chi connectivity index (χ0) is 25.8. The largest absolute Gasteiger partial charge is 0.490 e. The highest BCUT2D eigenvalue weighted by Crippen LogP contribution is 2.23. The number of sulfonamides is 1. The molecular weight excluding hydrogens is 502 g/mol. The molecule has 1 saturated heterocycles. The maximum Gasteiger partial charge on any atom is 0.243 e. The summed E-state index contributed by atoms with van der Waals surface area (Å²) in [7, 11) is -7.20. The van der Waals surface area contributed by atoms with Crippen molar-refractivity contribution in [3.05, 3.63) is 53.6 Å². The van der Waals surface area contributed by atoms with E-state index in [1.54, 1.807) is 0 Å².